The molecule has 7 heteroatoms. The van der Waals surface area contributed by atoms with Crippen LogP contribution in [-0.4, -0.2) is 41.0 Å². The third-order valence-corrected chi connectivity index (χ3v) is 4.97. The van der Waals surface area contributed by atoms with E-state index in [2.05, 4.69) is 16.4 Å². The summed E-state index contributed by atoms with van der Waals surface area (Å²) in [5.74, 6) is -0.517. The van der Waals surface area contributed by atoms with Crippen LogP contribution < -0.4 is 5.32 Å². The molecule has 142 valence electrons. The number of alkyl halides is 3. The molecule has 0 amide bonds. The Morgan fingerprint density at radius 2 is 2.19 bits per heavy atom. The van der Waals surface area contributed by atoms with Crippen molar-refractivity contribution < 1.29 is 18.3 Å². The standard InChI is InChI=1S/C19H24F3N3O/c1-25(16-9-5-14(6-10-16)19(20,21)22)17(26)11-8-15-7-4-13-3-2-12-23-18(13)24-15/h4-5,7,9-10,14,17,26H,2-3,6,8,11-12H2,1H3,(H,23,24). The summed E-state index contributed by atoms with van der Waals surface area (Å²) in [5, 5.41) is 13.7. The predicted octanol–water partition coefficient (Wildman–Crippen LogP) is 3.64. The summed E-state index contributed by atoms with van der Waals surface area (Å²) in [5.41, 5.74) is 2.73. The number of allylic oxidation sites excluding steroid dienone is 3. The number of aryl methyl sites for hydroxylation is 2. The lowest BCUT2D eigenvalue weighted by atomic mass is 9.98. The van der Waals surface area contributed by atoms with Crippen molar-refractivity contribution >= 4 is 5.82 Å². The van der Waals surface area contributed by atoms with Crippen molar-refractivity contribution in [3.63, 3.8) is 0 Å². The Kier molecular flexibility index (Phi) is 5.55. The molecular weight excluding hydrogens is 343 g/mol. The van der Waals surface area contributed by atoms with Crippen molar-refractivity contribution in [3.05, 3.63) is 47.3 Å². The van der Waals surface area contributed by atoms with Crippen LogP contribution in [0.1, 0.15) is 30.5 Å². The first-order chi connectivity index (χ1) is 12.3. The lowest BCUT2D eigenvalue weighted by molar-refractivity contribution is -0.160. The van der Waals surface area contributed by atoms with Gasteiger partial charge in [0.25, 0.3) is 0 Å². The molecule has 4 nitrogen and oxygen atoms in total. The van der Waals surface area contributed by atoms with E-state index in [0.717, 1.165) is 37.0 Å². The van der Waals surface area contributed by atoms with Crippen molar-refractivity contribution in [2.75, 3.05) is 18.9 Å². The Balaban J connectivity index is 1.54. The minimum atomic E-state index is -4.22. The number of rotatable bonds is 5. The summed E-state index contributed by atoms with van der Waals surface area (Å²) in [7, 11) is 1.69. The number of hydrogen-bond donors (Lipinski definition) is 2. The molecule has 1 aromatic heterocycles. The second-order valence-electron chi connectivity index (χ2n) is 6.84. The fraction of sp³-hybridized carbons (Fsp3) is 0.526. The van der Waals surface area contributed by atoms with E-state index in [-0.39, 0.29) is 6.42 Å². The van der Waals surface area contributed by atoms with Crippen LogP contribution in [0.3, 0.4) is 0 Å². The Morgan fingerprint density at radius 3 is 2.88 bits per heavy atom. The van der Waals surface area contributed by atoms with Crippen LogP contribution in [0.25, 0.3) is 0 Å². The number of aliphatic hydroxyl groups is 1. The molecule has 2 N–H and O–H groups in total. The number of fused-ring (bicyclic) bond motifs is 1. The van der Waals surface area contributed by atoms with Crippen LogP contribution in [0, 0.1) is 5.92 Å². The van der Waals surface area contributed by atoms with Gasteiger partial charge in [-0.25, -0.2) is 4.98 Å². The van der Waals surface area contributed by atoms with Crippen molar-refractivity contribution in [1.29, 1.82) is 0 Å². The van der Waals surface area contributed by atoms with Crippen molar-refractivity contribution in [1.82, 2.24) is 9.88 Å². The zero-order chi connectivity index (χ0) is 18.7. The lowest BCUT2D eigenvalue weighted by Gasteiger charge is -2.29. The Morgan fingerprint density at radius 1 is 1.38 bits per heavy atom. The number of hydrogen-bond acceptors (Lipinski definition) is 4. The topological polar surface area (TPSA) is 48.4 Å². The second kappa shape index (κ2) is 7.70. The minimum Gasteiger partial charge on any atom is -0.374 e. The van der Waals surface area contributed by atoms with Gasteiger partial charge in [-0.15, -0.1) is 0 Å². The van der Waals surface area contributed by atoms with Crippen LogP contribution in [0.4, 0.5) is 19.0 Å². The molecule has 3 rings (SSSR count). The fourth-order valence-corrected chi connectivity index (χ4v) is 3.26. The van der Waals surface area contributed by atoms with Crippen molar-refractivity contribution in [2.24, 2.45) is 5.92 Å². The second-order valence-corrected chi connectivity index (χ2v) is 6.84. The minimum absolute atomic E-state index is 0.0928. The Hall–Kier alpha value is -2.02. The van der Waals surface area contributed by atoms with Crippen molar-refractivity contribution in [3.8, 4) is 0 Å². The van der Waals surface area contributed by atoms with Gasteiger partial charge >= 0.3 is 6.18 Å². The van der Waals surface area contributed by atoms with Gasteiger partial charge in [-0.05, 0) is 49.8 Å². The molecule has 0 radical (unpaired) electrons. The van der Waals surface area contributed by atoms with E-state index in [4.69, 9.17) is 0 Å². The van der Waals surface area contributed by atoms with Crippen LogP contribution in [0.15, 0.2) is 36.1 Å². The number of aliphatic hydroxyl groups excluding tert-OH is 1. The molecule has 1 aliphatic heterocycles. The molecule has 0 bridgehead atoms. The molecule has 2 atom stereocenters. The summed E-state index contributed by atoms with van der Waals surface area (Å²) < 4.78 is 38.1. The largest absolute Gasteiger partial charge is 0.395 e. The highest BCUT2D eigenvalue weighted by Crippen LogP contribution is 2.33. The molecular formula is C19H24F3N3O. The first kappa shape index (κ1) is 18.8. The zero-order valence-electron chi connectivity index (χ0n) is 14.8. The third-order valence-electron chi connectivity index (χ3n) is 4.97. The molecule has 0 saturated heterocycles. The number of anilines is 1. The smallest absolute Gasteiger partial charge is 0.374 e. The molecule has 26 heavy (non-hydrogen) atoms. The molecule has 1 aliphatic carbocycles. The van der Waals surface area contributed by atoms with Gasteiger partial charge in [-0.3, -0.25) is 0 Å². The van der Waals surface area contributed by atoms with E-state index in [1.807, 2.05) is 6.07 Å². The molecule has 1 aromatic rings. The number of aromatic nitrogens is 1. The fourth-order valence-electron chi connectivity index (χ4n) is 3.26. The maximum Gasteiger partial charge on any atom is 0.395 e. The molecule has 2 unspecified atom stereocenters. The highest BCUT2D eigenvalue weighted by molar-refractivity contribution is 5.47. The van der Waals surface area contributed by atoms with E-state index >= 15 is 0 Å². The van der Waals surface area contributed by atoms with Gasteiger partial charge in [-0.2, -0.15) is 13.2 Å². The molecule has 2 aliphatic rings. The molecule has 2 heterocycles. The highest BCUT2D eigenvalue weighted by Gasteiger charge is 2.38. The van der Waals surface area contributed by atoms with Crippen molar-refractivity contribution in [2.45, 2.75) is 44.5 Å². The molecule has 0 aromatic carbocycles. The van der Waals surface area contributed by atoms with Crippen LogP contribution in [-0.2, 0) is 12.8 Å². The average molecular weight is 367 g/mol. The predicted molar refractivity (Wildman–Crippen MR) is 94.5 cm³/mol. The summed E-state index contributed by atoms with van der Waals surface area (Å²) in [4.78, 5) is 6.21. The Labute approximate surface area is 151 Å². The molecule has 0 saturated carbocycles. The van der Waals surface area contributed by atoms with Gasteiger partial charge < -0.3 is 15.3 Å². The molecule has 0 spiro atoms. The van der Waals surface area contributed by atoms with E-state index in [1.165, 1.54) is 17.7 Å². The summed E-state index contributed by atoms with van der Waals surface area (Å²) in [6.07, 6.45) is 2.23. The number of nitrogens with one attached hydrogen (secondary N) is 1. The number of nitrogens with zero attached hydrogens (tertiary/aromatic N) is 2. The first-order valence-electron chi connectivity index (χ1n) is 8.93. The SMILES string of the molecule is CN(C1=CCC(C(F)(F)F)C=C1)C(O)CCc1ccc2c(n1)NCCC2. The zero-order valence-corrected chi connectivity index (χ0v) is 14.8. The van der Waals surface area contributed by atoms with E-state index in [0.29, 0.717) is 18.5 Å². The van der Waals surface area contributed by atoms with Crippen LogP contribution in [0.5, 0.6) is 0 Å². The van der Waals surface area contributed by atoms with Gasteiger partial charge in [-0.1, -0.05) is 18.2 Å². The van der Waals surface area contributed by atoms with Gasteiger partial charge in [0.1, 0.15) is 12.0 Å². The highest BCUT2D eigenvalue weighted by atomic mass is 19.4. The first-order valence-corrected chi connectivity index (χ1v) is 8.93. The van der Waals surface area contributed by atoms with Gasteiger partial charge in [0.15, 0.2) is 0 Å². The summed E-state index contributed by atoms with van der Waals surface area (Å²) in [6, 6.07) is 4.05. The van der Waals surface area contributed by atoms with Gasteiger partial charge in [0, 0.05) is 25.0 Å². The average Bonchev–Trinajstić information content (AvgIpc) is 2.64. The maximum absolute atomic E-state index is 12.7. The number of halogens is 3. The maximum atomic E-state index is 12.7. The van der Waals surface area contributed by atoms with Gasteiger partial charge in [0.2, 0.25) is 0 Å². The lowest BCUT2D eigenvalue weighted by Crippen LogP contribution is -2.32. The van der Waals surface area contributed by atoms with E-state index in [1.54, 1.807) is 11.9 Å². The number of likely N-dealkylation sites (N-methyl/N-ethyl adjacent to an activating group) is 1. The van der Waals surface area contributed by atoms with E-state index in [9.17, 15) is 18.3 Å². The van der Waals surface area contributed by atoms with Gasteiger partial charge in [0.05, 0.1) is 5.92 Å². The normalized spacial score (nSPS) is 20.8. The summed E-state index contributed by atoms with van der Waals surface area (Å²) >= 11 is 0. The quantitative estimate of drug-likeness (QED) is 0.780. The summed E-state index contributed by atoms with van der Waals surface area (Å²) in [6.45, 7) is 0.925. The van der Waals surface area contributed by atoms with E-state index < -0.39 is 18.3 Å². The third kappa shape index (κ3) is 4.38. The van der Waals surface area contributed by atoms with Crippen LogP contribution >= 0.6 is 0 Å². The Bertz CT molecular complexity index is 700. The number of pyridine rings is 1. The monoisotopic (exact) mass is 367 g/mol. The van der Waals surface area contributed by atoms with Crippen LogP contribution in [0.2, 0.25) is 0 Å². The molecule has 0 fully saturated rings.